The fourth-order valence-corrected chi connectivity index (χ4v) is 3.70. The summed E-state index contributed by atoms with van der Waals surface area (Å²) in [7, 11) is 0. The quantitative estimate of drug-likeness (QED) is 0.365. The summed E-state index contributed by atoms with van der Waals surface area (Å²) in [4.78, 5) is 14.5. The van der Waals surface area contributed by atoms with Crippen LogP contribution >= 0.6 is 12.0 Å². The number of hydrogen-bond acceptors (Lipinski definition) is 4. The maximum Gasteiger partial charge on any atom is 0.223 e. The second kappa shape index (κ2) is 10.4. The first-order valence-corrected chi connectivity index (χ1v) is 10.7. The molecule has 142 valence electrons. The Morgan fingerprint density at radius 3 is 2.88 bits per heavy atom. The van der Waals surface area contributed by atoms with E-state index in [4.69, 9.17) is 4.18 Å². The fraction of sp³-hybridized carbons (Fsp3) is 0.850. The fourth-order valence-electron chi connectivity index (χ4n) is 2.85. The van der Waals surface area contributed by atoms with Crippen molar-refractivity contribution in [3.63, 3.8) is 0 Å². The van der Waals surface area contributed by atoms with Crippen LogP contribution in [0.2, 0.25) is 0 Å². The van der Waals surface area contributed by atoms with Gasteiger partial charge in [0, 0.05) is 37.7 Å². The summed E-state index contributed by atoms with van der Waals surface area (Å²) in [6, 6.07) is 0. The van der Waals surface area contributed by atoms with Crippen LogP contribution in [0.4, 0.5) is 0 Å². The molecular formula is C20H34N2O2S. The van der Waals surface area contributed by atoms with Crippen LogP contribution < -0.4 is 5.32 Å². The first-order valence-electron chi connectivity index (χ1n) is 9.75. The van der Waals surface area contributed by atoms with Crippen molar-refractivity contribution in [2.75, 3.05) is 31.9 Å². The van der Waals surface area contributed by atoms with Crippen molar-refractivity contribution >= 4 is 17.9 Å². The maximum atomic E-state index is 12.6. The van der Waals surface area contributed by atoms with Gasteiger partial charge in [-0.2, -0.15) is 0 Å². The van der Waals surface area contributed by atoms with Gasteiger partial charge in [-0.05, 0) is 43.1 Å². The topological polar surface area (TPSA) is 41.6 Å². The molecule has 0 bridgehead atoms. The van der Waals surface area contributed by atoms with Crippen molar-refractivity contribution in [3.05, 3.63) is 0 Å². The number of nitrogens with one attached hydrogen (secondary N) is 1. The van der Waals surface area contributed by atoms with Gasteiger partial charge < -0.3 is 14.4 Å². The summed E-state index contributed by atoms with van der Waals surface area (Å²) in [5, 5.41) is 3.38. The third-order valence-electron chi connectivity index (χ3n) is 4.61. The zero-order chi connectivity index (χ0) is 18.1. The summed E-state index contributed by atoms with van der Waals surface area (Å²) in [5.74, 6) is 8.39. The predicted octanol–water partition coefficient (Wildman–Crippen LogP) is 3.47. The molecule has 1 saturated heterocycles. The van der Waals surface area contributed by atoms with E-state index in [-0.39, 0.29) is 17.4 Å². The third kappa shape index (κ3) is 8.48. The minimum atomic E-state index is -0.0484. The van der Waals surface area contributed by atoms with Gasteiger partial charge in [-0.1, -0.05) is 39.0 Å². The molecule has 4 nitrogen and oxygen atoms in total. The molecule has 2 aliphatic rings. The average Bonchev–Trinajstić information content (AvgIpc) is 3.26. The molecule has 1 atom stereocenters. The van der Waals surface area contributed by atoms with Crippen LogP contribution in [0.5, 0.6) is 0 Å². The molecule has 1 amide bonds. The molecule has 1 aliphatic heterocycles. The van der Waals surface area contributed by atoms with Crippen molar-refractivity contribution in [2.45, 2.75) is 65.4 Å². The van der Waals surface area contributed by atoms with Crippen LogP contribution in [0.1, 0.15) is 59.3 Å². The Hall–Kier alpha value is -0.700. The lowest BCUT2D eigenvalue weighted by Gasteiger charge is -2.27. The van der Waals surface area contributed by atoms with Gasteiger partial charge >= 0.3 is 0 Å². The van der Waals surface area contributed by atoms with E-state index in [1.807, 2.05) is 4.90 Å². The summed E-state index contributed by atoms with van der Waals surface area (Å²) in [6.07, 6.45) is 6.65. The number of hydrogen-bond donors (Lipinski definition) is 1. The van der Waals surface area contributed by atoms with Gasteiger partial charge in [0.05, 0.1) is 12.6 Å². The van der Waals surface area contributed by atoms with Crippen molar-refractivity contribution in [2.24, 2.45) is 11.3 Å². The Kier molecular flexibility index (Phi) is 8.61. The molecule has 1 aliphatic carbocycles. The smallest absolute Gasteiger partial charge is 0.223 e. The maximum absolute atomic E-state index is 12.6. The molecule has 0 spiro atoms. The minimum absolute atomic E-state index is 0.0484. The summed E-state index contributed by atoms with van der Waals surface area (Å²) in [6.45, 7) is 9.60. The van der Waals surface area contributed by atoms with E-state index in [9.17, 15) is 4.79 Å². The highest BCUT2D eigenvalue weighted by molar-refractivity contribution is 7.94. The Morgan fingerprint density at radius 1 is 1.36 bits per heavy atom. The summed E-state index contributed by atoms with van der Waals surface area (Å²) in [5.41, 5.74) is -0.0484. The lowest BCUT2D eigenvalue weighted by molar-refractivity contribution is -0.132. The van der Waals surface area contributed by atoms with Gasteiger partial charge in [-0.3, -0.25) is 4.79 Å². The van der Waals surface area contributed by atoms with Gasteiger partial charge in [0.1, 0.15) is 0 Å². The molecule has 5 heteroatoms. The highest BCUT2D eigenvalue weighted by Crippen LogP contribution is 2.27. The lowest BCUT2D eigenvalue weighted by atomic mass is 9.88. The van der Waals surface area contributed by atoms with Crippen LogP contribution in [0.3, 0.4) is 0 Å². The molecule has 1 heterocycles. The first-order chi connectivity index (χ1) is 12.0. The van der Waals surface area contributed by atoms with Crippen LogP contribution in [-0.4, -0.2) is 48.8 Å². The number of unbranched alkanes of at least 4 members (excludes halogenated alkanes) is 1. The molecule has 0 aromatic rings. The van der Waals surface area contributed by atoms with Crippen LogP contribution in [0.25, 0.3) is 0 Å². The SMILES string of the molecule is CCCCSOC1CCN(C(=O)CC(C)(C)CNCC#CC2CC2)C1. The molecule has 25 heavy (non-hydrogen) atoms. The normalized spacial score (nSPS) is 20.4. The second-order valence-corrected chi connectivity index (χ2v) is 8.90. The van der Waals surface area contributed by atoms with Gasteiger partial charge in [0.2, 0.25) is 5.91 Å². The number of likely N-dealkylation sites (tertiary alicyclic amines) is 1. The zero-order valence-electron chi connectivity index (χ0n) is 16.1. The number of rotatable bonds is 10. The van der Waals surface area contributed by atoms with Crippen molar-refractivity contribution in [1.82, 2.24) is 10.2 Å². The largest absolute Gasteiger partial charge is 0.340 e. The zero-order valence-corrected chi connectivity index (χ0v) is 16.9. The molecule has 2 fully saturated rings. The standard InChI is InChI=1S/C20H34N2O2S/c1-4-5-13-25-24-18-10-12-22(15-18)19(23)14-20(2,3)16-21-11-6-7-17-8-9-17/h17-18,21H,4-5,8-16H2,1-3H3. The number of amides is 1. The molecule has 0 aromatic heterocycles. The first kappa shape index (κ1) is 20.6. The summed E-state index contributed by atoms with van der Waals surface area (Å²) < 4.78 is 5.83. The molecule has 1 saturated carbocycles. The molecule has 1 N–H and O–H groups in total. The van der Waals surface area contributed by atoms with E-state index in [1.54, 1.807) is 12.0 Å². The van der Waals surface area contributed by atoms with E-state index in [1.165, 1.54) is 25.7 Å². The molecule has 0 aromatic carbocycles. The molecule has 2 rings (SSSR count). The highest BCUT2D eigenvalue weighted by atomic mass is 32.2. The molecule has 0 radical (unpaired) electrons. The average molecular weight is 367 g/mol. The van der Waals surface area contributed by atoms with E-state index >= 15 is 0 Å². The van der Waals surface area contributed by atoms with Crippen molar-refractivity contribution in [3.8, 4) is 11.8 Å². The Morgan fingerprint density at radius 2 is 2.16 bits per heavy atom. The lowest BCUT2D eigenvalue weighted by Crippen LogP contribution is -2.37. The Balaban J connectivity index is 1.61. The third-order valence-corrected chi connectivity index (χ3v) is 5.48. The van der Waals surface area contributed by atoms with E-state index < -0.39 is 0 Å². The summed E-state index contributed by atoms with van der Waals surface area (Å²) >= 11 is 1.56. The molecular weight excluding hydrogens is 332 g/mol. The van der Waals surface area contributed by atoms with Crippen LogP contribution in [-0.2, 0) is 8.98 Å². The van der Waals surface area contributed by atoms with Crippen LogP contribution in [0, 0.1) is 23.2 Å². The van der Waals surface area contributed by atoms with Gasteiger partial charge in [0.25, 0.3) is 0 Å². The Bertz CT molecular complexity index is 480. The van der Waals surface area contributed by atoms with Gasteiger partial charge in [-0.25, -0.2) is 0 Å². The predicted molar refractivity (Wildman–Crippen MR) is 105 cm³/mol. The minimum Gasteiger partial charge on any atom is -0.340 e. The van der Waals surface area contributed by atoms with Crippen molar-refractivity contribution in [1.29, 1.82) is 0 Å². The number of carbonyl (C=O) groups is 1. The van der Waals surface area contributed by atoms with E-state index in [0.29, 0.717) is 12.3 Å². The van der Waals surface area contributed by atoms with Crippen molar-refractivity contribution < 1.29 is 8.98 Å². The van der Waals surface area contributed by atoms with Gasteiger partial charge in [0.15, 0.2) is 0 Å². The highest BCUT2D eigenvalue weighted by Gasteiger charge is 2.30. The number of carbonyl (C=O) groups excluding carboxylic acids is 1. The Labute approximate surface area is 158 Å². The van der Waals surface area contributed by atoms with E-state index in [0.717, 1.165) is 38.4 Å². The molecule has 1 unspecified atom stereocenters. The monoisotopic (exact) mass is 366 g/mol. The van der Waals surface area contributed by atoms with E-state index in [2.05, 4.69) is 37.9 Å². The van der Waals surface area contributed by atoms with Gasteiger partial charge in [-0.15, -0.1) is 0 Å². The number of nitrogens with zero attached hydrogens (tertiary/aromatic N) is 1. The second-order valence-electron chi connectivity index (χ2n) is 8.06. The van der Waals surface area contributed by atoms with Crippen LogP contribution in [0.15, 0.2) is 0 Å².